The first-order chi connectivity index (χ1) is 16.2. The van der Waals surface area contributed by atoms with E-state index in [4.69, 9.17) is 4.42 Å². The molecule has 1 aliphatic heterocycles. The molecule has 8 nitrogen and oxygen atoms in total. The molecule has 1 aliphatic rings. The van der Waals surface area contributed by atoms with Crippen molar-refractivity contribution in [1.82, 2.24) is 14.4 Å². The zero-order chi connectivity index (χ0) is 24.3. The molecule has 2 aromatic heterocycles. The van der Waals surface area contributed by atoms with Crippen molar-refractivity contribution < 1.29 is 32.0 Å². The van der Waals surface area contributed by atoms with Gasteiger partial charge in [-0.25, -0.2) is 0 Å². The minimum Gasteiger partial charge on any atom is -0.459 e. The van der Waals surface area contributed by atoms with Gasteiger partial charge in [0.25, 0.3) is 11.8 Å². The van der Waals surface area contributed by atoms with Gasteiger partial charge >= 0.3 is 6.18 Å². The number of anilines is 1. The third-order valence-electron chi connectivity index (χ3n) is 5.44. The number of carbonyl (C=O) groups is 3. The van der Waals surface area contributed by atoms with Crippen LogP contribution in [-0.4, -0.2) is 58.3 Å². The molecule has 1 aromatic carbocycles. The van der Waals surface area contributed by atoms with E-state index in [2.05, 4.69) is 5.32 Å². The number of aromatic nitrogens is 1. The predicted molar refractivity (Wildman–Crippen MR) is 115 cm³/mol. The van der Waals surface area contributed by atoms with Crippen LogP contribution in [0.5, 0.6) is 0 Å². The van der Waals surface area contributed by atoms with Gasteiger partial charge in [0.15, 0.2) is 5.76 Å². The third kappa shape index (κ3) is 5.13. The Morgan fingerprint density at radius 3 is 2.12 bits per heavy atom. The van der Waals surface area contributed by atoms with Gasteiger partial charge < -0.3 is 24.1 Å². The molecule has 0 unspecified atom stereocenters. The van der Waals surface area contributed by atoms with E-state index in [0.717, 1.165) is 12.1 Å². The molecule has 1 saturated heterocycles. The Labute approximate surface area is 192 Å². The van der Waals surface area contributed by atoms with Gasteiger partial charge in [-0.1, -0.05) is 0 Å². The van der Waals surface area contributed by atoms with Crippen molar-refractivity contribution in [2.24, 2.45) is 0 Å². The summed E-state index contributed by atoms with van der Waals surface area (Å²) in [6, 6.07) is 10.6. The SMILES string of the molecule is O=C(Cn1cccc1C(=O)N1CCN(C(=O)c2ccco2)CC1)Nc1ccc(C(F)(F)F)cc1. The molecule has 34 heavy (non-hydrogen) atoms. The Balaban J connectivity index is 1.34. The molecular formula is C23H21F3N4O4. The largest absolute Gasteiger partial charge is 0.459 e. The van der Waals surface area contributed by atoms with Crippen LogP contribution in [0.2, 0.25) is 0 Å². The van der Waals surface area contributed by atoms with Gasteiger partial charge in [0.2, 0.25) is 5.91 Å². The van der Waals surface area contributed by atoms with Gasteiger partial charge in [0, 0.05) is 38.1 Å². The molecule has 0 spiro atoms. The molecule has 0 saturated carbocycles. The van der Waals surface area contributed by atoms with Gasteiger partial charge in [-0.3, -0.25) is 14.4 Å². The van der Waals surface area contributed by atoms with E-state index >= 15 is 0 Å². The molecule has 1 N–H and O–H groups in total. The summed E-state index contributed by atoms with van der Waals surface area (Å²) in [4.78, 5) is 41.0. The lowest BCUT2D eigenvalue weighted by Gasteiger charge is -2.34. The van der Waals surface area contributed by atoms with E-state index in [1.165, 1.54) is 23.0 Å². The number of hydrogen-bond acceptors (Lipinski definition) is 4. The Bertz CT molecular complexity index is 1160. The van der Waals surface area contributed by atoms with Crippen molar-refractivity contribution in [2.75, 3.05) is 31.5 Å². The summed E-state index contributed by atoms with van der Waals surface area (Å²) in [5, 5.41) is 2.53. The van der Waals surface area contributed by atoms with Crippen LogP contribution in [0, 0.1) is 0 Å². The number of furan rings is 1. The van der Waals surface area contributed by atoms with Crippen LogP contribution in [-0.2, 0) is 17.5 Å². The number of halogens is 3. The highest BCUT2D eigenvalue weighted by atomic mass is 19.4. The van der Waals surface area contributed by atoms with Crippen LogP contribution >= 0.6 is 0 Å². The van der Waals surface area contributed by atoms with Gasteiger partial charge in [-0.05, 0) is 48.5 Å². The zero-order valence-corrected chi connectivity index (χ0v) is 17.9. The van der Waals surface area contributed by atoms with Crippen molar-refractivity contribution in [3.63, 3.8) is 0 Å². The van der Waals surface area contributed by atoms with Crippen LogP contribution in [0.3, 0.4) is 0 Å². The first-order valence-electron chi connectivity index (χ1n) is 10.5. The fourth-order valence-electron chi connectivity index (χ4n) is 3.67. The van der Waals surface area contributed by atoms with E-state index in [0.29, 0.717) is 31.9 Å². The molecule has 3 amide bonds. The normalized spacial score (nSPS) is 14.2. The van der Waals surface area contributed by atoms with E-state index in [1.807, 2.05) is 0 Å². The summed E-state index contributed by atoms with van der Waals surface area (Å²) in [5.74, 6) is -0.760. The van der Waals surface area contributed by atoms with Crippen LogP contribution in [0.4, 0.5) is 18.9 Å². The van der Waals surface area contributed by atoms with Crippen molar-refractivity contribution in [1.29, 1.82) is 0 Å². The second kappa shape index (κ2) is 9.46. The maximum atomic E-state index is 13.0. The number of nitrogens with zero attached hydrogens (tertiary/aromatic N) is 3. The number of rotatable bonds is 5. The quantitative estimate of drug-likeness (QED) is 0.615. The number of nitrogens with one attached hydrogen (secondary N) is 1. The molecular weight excluding hydrogens is 453 g/mol. The lowest BCUT2D eigenvalue weighted by Crippen LogP contribution is -2.50. The van der Waals surface area contributed by atoms with Gasteiger partial charge in [0.1, 0.15) is 12.2 Å². The summed E-state index contributed by atoms with van der Waals surface area (Å²) >= 11 is 0. The molecule has 0 atom stereocenters. The molecule has 0 bridgehead atoms. The number of piperazine rings is 1. The Hall–Kier alpha value is -4.02. The first-order valence-corrected chi connectivity index (χ1v) is 10.5. The zero-order valence-electron chi connectivity index (χ0n) is 17.9. The second-order valence-electron chi connectivity index (χ2n) is 7.71. The number of benzene rings is 1. The van der Waals surface area contributed by atoms with Gasteiger partial charge in [0.05, 0.1) is 11.8 Å². The average molecular weight is 474 g/mol. The van der Waals surface area contributed by atoms with E-state index in [-0.39, 0.29) is 29.8 Å². The fraction of sp³-hybridized carbons (Fsp3) is 0.261. The fourth-order valence-corrected chi connectivity index (χ4v) is 3.67. The summed E-state index contributed by atoms with van der Waals surface area (Å²) in [5.41, 5.74) is -0.293. The molecule has 3 aromatic rings. The first kappa shape index (κ1) is 23.1. The topological polar surface area (TPSA) is 87.8 Å². The van der Waals surface area contributed by atoms with E-state index in [1.54, 1.807) is 40.3 Å². The van der Waals surface area contributed by atoms with Gasteiger partial charge in [-0.15, -0.1) is 0 Å². The van der Waals surface area contributed by atoms with Crippen molar-refractivity contribution >= 4 is 23.4 Å². The van der Waals surface area contributed by atoms with E-state index in [9.17, 15) is 27.6 Å². The van der Waals surface area contributed by atoms with Crippen molar-refractivity contribution in [3.05, 3.63) is 78.0 Å². The Morgan fingerprint density at radius 1 is 0.882 bits per heavy atom. The average Bonchev–Trinajstić information content (AvgIpc) is 3.50. The molecule has 4 rings (SSSR count). The maximum absolute atomic E-state index is 13.0. The summed E-state index contributed by atoms with van der Waals surface area (Å²) < 4.78 is 44.7. The lowest BCUT2D eigenvalue weighted by molar-refractivity contribution is -0.137. The van der Waals surface area contributed by atoms with Crippen molar-refractivity contribution in [2.45, 2.75) is 12.7 Å². The molecule has 1 fully saturated rings. The third-order valence-corrected chi connectivity index (χ3v) is 5.44. The maximum Gasteiger partial charge on any atom is 0.416 e. The molecule has 178 valence electrons. The number of hydrogen-bond donors (Lipinski definition) is 1. The second-order valence-corrected chi connectivity index (χ2v) is 7.71. The summed E-state index contributed by atoms with van der Waals surface area (Å²) in [6.45, 7) is 1.16. The lowest BCUT2D eigenvalue weighted by atomic mass is 10.2. The van der Waals surface area contributed by atoms with Crippen LogP contribution in [0.25, 0.3) is 0 Å². The Morgan fingerprint density at radius 2 is 1.53 bits per heavy atom. The highest BCUT2D eigenvalue weighted by Crippen LogP contribution is 2.29. The number of alkyl halides is 3. The monoisotopic (exact) mass is 474 g/mol. The summed E-state index contributed by atoms with van der Waals surface area (Å²) in [7, 11) is 0. The minimum atomic E-state index is -4.46. The van der Waals surface area contributed by atoms with Crippen molar-refractivity contribution in [3.8, 4) is 0 Å². The predicted octanol–water partition coefficient (Wildman–Crippen LogP) is 3.34. The summed E-state index contributed by atoms with van der Waals surface area (Å²) in [6.07, 6.45) is -1.45. The highest BCUT2D eigenvalue weighted by Gasteiger charge is 2.30. The molecule has 0 radical (unpaired) electrons. The highest BCUT2D eigenvalue weighted by molar-refractivity contribution is 5.95. The number of carbonyl (C=O) groups excluding carboxylic acids is 3. The molecule has 0 aliphatic carbocycles. The molecule has 3 heterocycles. The van der Waals surface area contributed by atoms with Crippen LogP contribution in [0.15, 0.2) is 65.4 Å². The minimum absolute atomic E-state index is 0.188. The number of amides is 3. The smallest absolute Gasteiger partial charge is 0.416 e. The Kier molecular flexibility index (Phi) is 6.44. The van der Waals surface area contributed by atoms with Crippen LogP contribution < -0.4 is 5.32 Å². The van der Waals surface area contributed by atoms with Gasteiger partial charge in [-0.2, -0.15) is 13.2 Å². The standard InChI is InChI=1S/C23H21F3N4O4/c24-23(25,26)16-5-7-17(8-6-16)27-20(31)15-30-9-1-3-18(30)21(32)28-10-12-29(13-11-28)22(33)19-4-2-14-34-19/h1-9,14H,10-13,15H2,(H,27,31). The van der Waals surface area contributed by atoms with Crippen LogP contribution in [0.1, 0.15) is 26.6 Å². The molecule has 11 heteroatoms. The van der Waals surface area contributed by atoms with E-state index < -0.39 is 17.6 Å².